The van der Waals surface area contributed by atoms with Gasteiger partial charge in [-0.25, -0.2) is 0 Å². The second-order valence-electron chi connectivity index (χ2n) is 2.89. The first-order valence-corrected chi connectivity index (χ1v) is 4.30. The maximum absolute atomic E-state index is 5.29. The molecule has 1 aliphatic carbocycles. The third-order valence-corrected chi connectivity index (χ3v) is 2.32. The summed E-state index contributed by atoms with van der Waals surface area (Å²) in [5.41, 5.74) is 0. The molecule has 0 aromatic carbocycles. The van der Waals surface area contributed by atoms with Gasteiger partial charge in [0.2, 0.25) is 5.79 Å². The highest BCUT2D eigenvalue weighted by Crippen LogP contribution is 2.27. The van der Waals surface area contributed by atoms with Gasteiger partial charge in [-0.1, -0.05) is 0 Å². The second kappa shape index (κ2) is 4.59. The van der Waals surface area contributed by atoms with Crippen LogP contribution in [0.4, 0.5) is 0 Å². The molecular weight excluding hydrogens is 184 g/mol. The molecule has 1 atom stereocenters. The predicted octanol–water partition coefficient (Wildman–Crippen LogP) is 1.09. The highest BCUT2D eigenvalue weighted by molar-refractivity contribution is 5.25. The zero-order valence-electron chi connectivity index (χ0n) is 8.94. The van der Waals surface area contributed by atoms with Crippen molar-refractivity contribution in [1.29, 1.82) is 0 Å². The van der Waals surface area contributed by atoms with Crippen LogP contribution >= 0.6 is 0 Å². The molecular formula is C10H16O4. The lowest BCUT2D eigenvalue weighted by molar-refractivity contribution is -0.221. The Kier molecular flexibility index (Phi) is 3.69. The van der Waals surface area contributed by atoms with Crippen LogP contribution < -0.4 is 0 Å². The summed E-state index contributed by atoms with van der Waals surface area (Å²) in [5, 5.41) is 0. The van der Waals surface area contributed by atoms with Crippen LogP contribution in [0.2, 0.25) is 0 Å². The van der Waals surface area contributed by atoms with Crippen molar-refractivity contribution in [3.8, 4) is 0 Å². The molecule has 0 bridgehead atoms. The van der Waals surface area contributed by atoms with E-state index in [4.69, 9.17) is 18.9 Å². The van der Waals surface area contributed by atoms with Gasteiger partial charge in [0.1, 0.15) is 11.9 Å². The van der Waals surface area contributed by atoms with Gasteiger partial charge >= 0.3 is 0 Å². The zero-order chi connectivity index (χ0) is 10.6. The van der Waals surface area contributed by atoms with E-state index < -0.39 is 5.79 Å². The van der Waals surface area contributed by atoms with Gasteiger partial charge in [-0.15, -0.1) is 0 Å². The Hall–Kier alpha value is -0.840. The van der Waals surface area contributed by atoms with Crippen molar-refractivity contribution in [2.24, 2.45) is 0 Å². The minimum absolute atomic E-state index is 0.308. The van der Waals surface area contributed by atoms with Crippen molar-refractivity contribution >= 4 is 0 Å². The van der Waals surface area contributed by atoms with Crippen molar-refractivity contribution in [2.45, 2.75) is 11.9 Å². The van der Waals surface area contributed by atoms with E-state index in [2.05, 4.69) is 0 Å². The zero-order valence-corrected chi connectivity index (χ0v) is 8.94. The number of hydrogen-bond donors (Lipinski definition) is 0. The average Bonchev–Trinajstić information content (AvgIpc) is 2.28. The third kappa shape index (κ3) is 1.82. The number of allylic oxidation sites excluding steroid dienone is 1. The van der Waals surface area contributed by atoms with Crippen molar-refractivity contribution in [1.82, 2.24) is 0 Å². The molecule has 80 valence electrons. The first-order valence-electron chi connectivity index (χ1n) is 4.30. The Bertz CT molecular complexity index is 241. The Labute approximate surface area is 84.1 Å². The van der Waals surface area contributed by atoms with Gasteiger partial charge in [0, 0.05) is 21.3 Å². The van der Waals surface area contributed by atoms with Gasteiger partial charge in [0.25, 0.3) is 0 Å². The monoisotopic (exact) mass is 200 g/mol. The van der Waals surface area contributed by atoms with Gasteiger partial charge in [-0.05, 0) is 18.2 Å². The SMILES string of the molecule is COC1=CC(OC)C(OC)(OC)C=C1. The molecule has 0 heterocycles. The molecule has 0 radical (unpaired) electrons. The lowest BCUT2D eigenvalue weighted by Crippen LogP contribution is -2.45. The molecule has 1 aliphatic rings. The molecule has 0 saturated carbocycles. The van der Waals surface area contributed by atoms with Gasteiger partial charge < -0.3 is 18.9 Å². The fourth-order valence-electron chi connectivity index (χ4n) is 1.43. The molecule has 4 heteroatoms. The molecule has 0 aliphatic heterocycles. The van der Waals surface area contributed by atoms with Crippen LogP contribution in [0.15, 0.2) is 24.0 Å². The van der Waals surface area contributed by atoms with E-state index in [0.29, 0.717) is 0 Å². The van der Waals surface area contributed by atoms with E-state index in [0.717, 1.165) is 5.76 Å². The van der Waals surface area contributed by atoms with Crippen LogP contribution in [-0.2, 0) is 18.9 Å². The van der Waals surface area contributed by atoms with E-state index in [1.165, 1.54) is 0 Å². The minimum Gasteiger partial charge on any atom is -0.497 e. The van der Waals surface area contributed by atoms with Gasteiger partial charge in [0.05, 0.1) is 7.11 Å². The lowest BCUT2D eigenvalue weighted by Gasteiger charge is -2.35. The summed E-state index contributed by atoms with van der Waals surface area (Å²) in [7, 11) is 6.35. The summed E-state index contributed by atoms with van der Waals surface area (Å²) >= 11 is 0. The van der Waals surface area contributed by atoms with E-state index in [1.54, 1.807) is 40.6 Å². The van der Waals surface area contributed by atoms with Crippen LogP contribution in [0.1, 0.15) is 0 Å². The molecule has 4 nitrogen and oxygen atoms in total. The Morgan fingerprint density at radius 3 is 2.21 bits per heavy atom. The summed E-state index contributed by atoms with van der Waals surface area (Å²) in [6, 6.07) is 0. The molecule has 0 amide bonds. The standard InChI is InChI=1S/C10H16O4/c1-11-8-5-6-10(13-3,14-4)9(7-8)12-2/h5-7,9H,1-4H3. The smallest absolute Gasteiger partial charge is 0.218 e. The van der Waals surface area contributed by atoms with Gasteiger partial charge in [-0.3, -0.25) is 0 Å². The molecule has 0 spiro atoms. The summed E-state index contributed by atoms with van der Waals surface area (Å²) in [6.45, 7) is 0. The van der Waals surface area contributed by atoms with E-state index in [-0.39, 0.29) is 6.10 Å². The molecule has 0 fully saturated rings. The quantitative estimate of drug-likeness (QED) is 0.636. The fraction of sp³-hybridized carbons (Fsp3) is 0.600. The first kappa shape index (κ1) is 11.2. The second-order valence-corrected chi connectivity index (χ2v) is 2.89. The van der Waals surface area contributed by atoms with E-state index >= 15 is 0 Å². The molecule has 1 rings (SSSR count). The Morgan fingerprint density at radius 2 is 1.79 bits per heavy atom. The van der Waals surface area contributed by atoms with Crippen LogP contribution in [0.5, 0.6) is 0 Å². The number of methoxy groups -OCH3 is 4. The summed E-state index contributed by atoms with van der Waals surface area (Å²) in [6.07, 6.45) is 5.08. The van der Waals surface area contributed by atoms with E-state index in [1.807, 2.05) is 6.08 Å². The highest BCUT2D eigenvalue weighted by atomic mass is 16.7. The first-order chi connectivity index (χ1) is 6.72. The fourth-order valence-corrected chi connectivity index (χ4v) is 1.43. The summed E-state index contributed by atoms with van der Waals surface area (Å²) < 4.78 is 20.9. The maximum atomic E-state index is 5.29. The largest absolute Gasteiger partial charge is 0.497 e. The van der Waals surface area contributed by atoms with Crippen LogP contribution in [0.3, 0.4) is 0 Å². The summed E-state index contributed by atoms with van der Waals surface area (Å²) in [5.74, 6) is -0.113. The van der Waals surface area contributed by atoms with Crippen molar-refractivity contribution < 1.29 is 18.9 Å². The van der Waals surface area contributed by atoms with E-state index in [9.17, 15) is 0 Å². The average molecular weight is 200 g/mol. The molecule has 0 aromatic rings. The minimum atomic E-state index is -0.850. The normalized spacial score (nSPS) is 24.6. The maximum Gasteiger partial charge on any atom is 0.218 e. The van der Waals surface area contributed by atoms with Crippen molar-refractivity contribution in [2.75, 3.05) is 28.4 Å². The molecule has 0 N–H and O–H groups in total. The molecule has 14 heavy (non-hydrogen) atoms. The van der Waals surface area contributed by atoms with Crippen LogP contribution in [0, 0.1) is 0 Å². The van der Waals surface area contributed by atoms with Crippen LogP contribution in [-0.4, -0.2) is 40.3 Å². The number of rotatable bonds is 4. The Balaban J connectivity index is 2.92. The topological polar surface area (TPSA) is 36.9 Å². The summed E-state index contributed by atoms with van der Waals surface area (Å²) in [4.78, 5) is 0. The highest BCUT2D eigenvalue weighted by Gasteiger charge is 2.38. The molecule has 0 aromatic heterocycles. The number of ether oxygens (including phenoxy) is 4. The van der Waals surface area contributed by atoms with Gasteiger partial charge in [-0.2, -0.15) is 0 Å². The third-order valence-electron chi connectivity index (χ3n) is 2.32. The Morgan fingerprint density at radius 1 is 1.14 bits per heavy atom. The lowest BCUT2D eigenvalue weighted by atomic mass is 10.0. The van der Waals surface area contributed by atoms with Gasteiger partial charge in [0.15, 0.2) is 0 Å². The predicted molar refractivity (Wildman–Crippen MR) is 51.8 cm³/mol. The number of hydrogen-bond acceptors (Lipinski definition) is 4. The molecule has 1 unspecified atom stereocenters. The van der Waals surface area contributed by atoms with Crippen LogP contribution in [0.25, 0.3) is 0 Å². The molecule has 0 saturated heterocycles. The van der Waals surface area contributed by atoms with Crippen molar-refractivity contribution in [3.05, 3.63) is 24.0 Å². The van der Waals surface area contributed by atoms with Crippen molar-refractivity contribution in [3.63, 3.8) is 0 Å².